The number of ether oxygens (including phenoxy) is 2. The topological polar surface area (TPSA) is 48.4 Å². The molecule has 0 aliphatic carbocycles. The fourth-order valence-corrected chi connectivity index (χ4v) is 3.24. The van der Waals surface area contributed by atoms with Crippen molar-refractivity contribution in [2.45, 2.75) is 39.5 Å². The Morgan fingerprint density at radius 1 is 1.11 bits per heavy atom. The van der Waals surface area contributed by atoms with Crippen LogP contribution in [0.15, 0.2) is 18.2 Å². The van der Waals surface area contributed by atoms with Gasteiger partial charge in [0.1, 0.15) is 12.7 Å². The first-order valence-electron chi connectivity index (χ1n) is 10.1. The molecule has 0 saturated carbocycles. The lowest BCUT2D eigenvalue weighted by molar-refractivity contribution is 0.0667. The summed E-state index contributed by atoms with van der Waals surface area (Å²) >= 11 is 0. The Labute approximate surface area is 164 Å². The van der Waals surface area contributed by atoms with E-state index in [1.807, 2.05) is 19.2 Å². The second kappa shape index (κ2) is 10.9. The summed E-state index contributed by atoms with van der Waals surface area (Å²) in [5, 5.41) is 10.3. The Kier molecular flexibility index (Phi) is 8.83. The maximum Gasteiger partial charge on any atom is 0.161 e. The molecule has 6 heteroatoms. The van der Waals surface area contributed by atoms with Gasteiger partial charge in [-0.25, -0.2) is 0 Å². The Balaban J connectivity index is 1.92. The maximum absolute atomic E-state index is 10.3. The van der Waals surface area contributed by atoms with Gasteiger partial charge >= 0.3 is 0 Å². The number of hydrogen-bond donors (Lipinski definition) is 1. The average molecular weight is 380 g/mol. The summed E-state index contributed by atoms with van der Waals surface area (Å²) in [7, 11) is 3.65. The molecule has 0 radical (unpaired) electrons. The van der Waals surface area contributed by atoms with E-state index in [1.165, 1.54) is 5.56 Å². The number of piperazine rings is 1. The van der Waals surface area contributed by atoms with Gasteiger partial charge in [-0.05, 0) is 45.1 Å². The van der Waals surface area contributed by atoms with E-state index >= 15 is 0 Å². The summed E-state index contributed by atoms with van der Waals surface area (Å²) in [6, 6.07) is 6.50. The van der Waals surface area contributed by atoms with Gasteiger partial charge < -0.3 is 24.4 Å². The summed E-state index contributed by atoms with van der Waals surface area (Å²) in [6.45, 7) is 13.8. The van der Waals surface area contributed by atoms with Gasteiger partial charge in [0.2, 0.25) is 0 Å². The highest BCUT2D eigenvalue weighted by Crippen LogP contribution is 2.29. The minimum atomic E-state index is -0.534. The molecule has 1 unspecified atom stereocenters. The molecule has 27 heavy (non-hydrogen) atoms. The van der Waals surface area contributed by atoms with Crippen LogP contribution in [0.25, 0.3) is 0 Å². The van der Waals surface area contributed by atoms with Crippen molar-refractivity contribution in [2.75, 3.05) is 60.0 Å². The van der Waals surface area contributed by atoms with Gasteiger partial charge in [-0.2, -0.15) is 0 Å². The minimum absolute atomic E-state index is 0.256. The standard InChI is InChI=1S/C21H37N3O3/c1-6-23-9-11-24(12-10-23)14-18-7-8-20(26-5)21(13-18)27-16-19(25)15-22(4)17(2)3/h7-8,13,17,19,25H,6,9-12,14-16H2,1-5H3. The summed E-state index contributed by atoms with van der Waals surface area (Å²) in [4.78, 5) is 7.07. The third kappa shape index (κ3) is 6.96. The monoisotopic (exact) mass is 379 g/mol. The molecular weight excluding hydrogens is 342 g/mol. The molecule has 1 aliphatic rings. The normalized spacial score (nSPS) is 17.5. The molecule has 1 atom stereocenters. The van der Waals surface area contributed by atoms with Crippen molar-refractivity contribution in [3.8, 4) is 11.5 Å². The predicted molar refractivity (Wildman–Crippen MR) is 110 cm³/mol. The van der Waals surface area contributed by atoms with Crippen LogP contribution in [-0.4, -0.2) is 92.0 Å². The lowest BCUT2D eigenvalue weighted by Crippen LogP contribution is -2.45. The van der Waals surface area contributed by atoms with Crippen LogP contribution in [0.5, 0.6) is 11.5 Å². The van der Waals surface area contributed by atoms with Crippen LogP contribution in [0.2, 0.25) is 0 Å². The molecule has 1 saturated heterocycles. The highest BCUT2D eigenvalue weighted by molar-refractivity contribution is 5.43. The third-order valence-corrected chi connectivity index (χ3v) is 5.36. The molecule has 154 valence electrons. The summed E-state index contributed by atoms with van der Waals surface area (Å²) in [5.74, 6) is 1.41. The van der Waals surface area contributed by atoms with Crippen molar-refractivity contribution >= 4 is 0 Å². The number of methoxy groups -OCH3 is 1. The quantitative estimate of drug-likeness (QED) is 0.670. The zero-order chi connectivity index (χ0) is 19.8. The third-order valence-electron chi connectivity index (χ3n) is 5.36. The molecule has 1 aliphatic heterocycles. The molecule has 6 nitrogen and oxygen atoms in total. The predicted octanol–water partition coefficient (Wildman–Crippen LogP) is 1.91. The van der Waals surface area contributed by atoms with Crippen LogP contribution in [0, 0.1) is 0 Å². The number of benzene rings is 1. The van der Waals surface area contributed by atoms with Crippen molar-refractivity contribution < 1.29 is 14.6 Å². The lowest BCUT2D eigenvalue weighted by Gasteiger charge is -2.34. The van der Waals surface area contributed by atoms with E-state index in [9.17, 15) is 5.11 Å². The zero-order valence-corrected chi connectivity index (χ0v) is 17.6. The van der Waals surface area contributed by atoms with Crippen molar-refractivity contribution in [1.29, 1.82) is 0 Å². The first kappa shape index (κ1) is 22.0. The summed E-state index contributed by atoms with van der Waals surface area (Å²) < 4.78 is 11.3. The Bertz CT molecular complexity index is 560. The van der Waals surface area contributed by atoms with Gasteiger partial charge in [0.15, 0.2) is 11.5 Å². The van der Waals surface area contributed by atoms with E-state index in [1.54, 1.807) is 7.11 Å². The van der Waals surface area contributed by atoms with Crippen molar-refractivity contribution in [2.24, 2.45) is 0 Å². The largest absolute Gasteiger partial charge is 0.493 e. The van der Waals surface area contributed by atoms with E-state index in [2.05, 4.69) is 41.5 Å². The van der Waals surface area contributed by atoms with Gasteiger partial charge in [0.05, 0.1) is 7.11 Å². The van der Waals surface area contributed by atoms with Gasteiger partial charge in [0, 0.05) is 45.3 Å². The van der Waals surface area contributed by atoms with E-state index in [4.69, 9.17) is 9.47 Å². The molecule has 1 heterocycles. The SMILES string of the molecule is CCN1CCN(Cc2ccc(OC)c(OCC(O)CN(C)C(C)C)c2)CC1. The first-order valence-corrected chi connectivity index (χ1v) is 10.1. The molecule has 1 aromatic carbocycles. The molecule has 0 spiro atoms. The van der Waals surface area contributed by atoms with Crippen molar-refractivity contribution in [3.63, 3.8) is 0 Å². The number of likely N-dealkylation sites (N-methyl/N-ethyl adjacent to an activating group) is 2. The molecule has 0 amide bonds. The van der Waals surface area contributed by atoms with Gasteiger partial charge in [-0.3, -0.25) is 4.90 Å². The van der Waals surface area contributed by atoms with Gasteiger partial charge in [-0.15, -0.1) is 0 Å². The second-order valence-electron chi connectivity index (χ2n) is 7.69. The van der Waals surface area contributed by atoms with Gasteiger partial charge in [0.25, 0.3) is 0 Å². The van der Waals surface area contributed by atoms with E-state index in [0.29, 0.717) is 24.1 Å². The minimum Gasteiger partial charge on any atom is -0.493 e. The molecule has 0 bridgehead atoms. The van der Waals surface area contributed by atoms with Gasteiger partial charge in [-0.1, -0.05) is 13.0 Å². The van der Waals surface area contributed by atoms with E-state index in [-0.39, 0.29) is 6.61 Å². The van der Waals surface area contributed by atoms with Crippen LogP contribution in [0.4, 0.5) is 0 Å². The van der Waals surface area contributed by atoms with E-state index in [0.717, 1.165) is 39.3 Å². The lowest BCUT2D eigenvalue weighted by atomic mass is 10.1. The highest BCUT2D eigenvalue weighted by Gasteiger charge is 2.17. The zero-order valence-electron chi connectivity index (χ0n) is 17.6. The molecular formula is C21H37N3O3. The smallest absolute Gasteiger partial charge is 0.161 e. The highest BCUT2D eigenvalue weighted by atomic mass is 16.5. The Morgan fingerprint density at radius 2 is 1.78 bits per heavy atom. The second-order valence-corrected chi connectivity index (χ2v) is 7.69. The fraction of sp³-hybridized carbons (Fsp3) is 0.714. The van der Waals surface area contributed by atoms with Crippen LogP contribution >= 0.6 is 0 Å². The van der Waals surface area contributed by atoms with Crippen LogP contribution in [0.1, 0.15) is 26.3 Å². The number of aliphatic hydroxyl groups is 1. The molecule has 0 aromatic heterocycles. The fourth-order valence-electron chi connectivity index (χ4n) is 3.24. The van der Waals surface area contributed by atoms with Crippen molar-refractivity contribution in [1.82, 2.24) is 14.7 Å². The van der Waals surface area contributed by atoms with Crippen molar-refractivity contribution in [3.05, 3.63) is 23.8 Å². The number of rotatable bonds is 10. The number of hydrogen-bond acceptors (Lipinski definition) is 6. The Hall–Kier alpha value is -1.34. The van der Waals surface area contributed by atoms with E-state index < -0.39 is 6.10 Å². The van der Waals surface area contributed by atoms with Crippen LogP contribution in [0.3, 0.4) is 0 Å². The molecule has 1 N–H and O–H groups in total. The summed E-state index contributed by atoms with van der Waals surface area (Å²) in [5.41, 5.74) is 1.21. The summed E-state index contributed by atoms with van der Waals surface area (Å²) in [6.07, 6.45) is -0.534. The molecule has 1 fully saturated rings. The van der Waals surface area contributed by atoms with Crippen LogP contribution in [-0.2, 0) is 6.54 Å². The Morgan fingerprint density at radius 3 is 2.37 bits per heavy atom. The average Bonchev–Trinajstić information content (AvgIpc) is 2.67. The molecule has 1 aromatic rings. The number of nitrogens with zero attached hydrogens (tertiary/aromatic N) is 3. The maximum atomic E-state index is 10.3. The van der Waals surface area contributed by atoms with Crippen LogP contribution < -0.4 is 9.47 Å². The number of aliphatic hydroxyl groups excluding tert-OH is 1. The molecule has 2 rings (SSSR count). The first-order chi connectivity index (χ1) is 12.9.